The summed E-state index contributed by atoms with van der Waals surface area (Å²) in [7, 11) is 20.0. The van der Waals surface area contributed by atoms with E-state index in [1.807, 2.05) is 0 Å². The van der Waals surface area contributed by atoms with E-state index in [1.165, 1.54) is 36.2 Å². The van der Waals surface area contributed by atoms with E-state index in [-0.39, 0.29) is 0 Å². The Hall–Kier alpha value is 1.07. The van der Waals surface area contributed by atoms with Crippen molar-refractivity contribution in [3.63, 3.8) is 0 Å². The van der Waals surface area contributed by atoms with Crippen molar-refractivity contribution >= 4 is 35.6 Å². The zero-order valence-corrected chi connectivity index (χ0v) is 16.7. The Bertz CT molecular complexity index is 322. The molecule has 0 aliphatic carbocycles. The maximum atomic E-state index is 5.01. The molecule has 19 heavy (non-hydrogen) atoms. The van der Waals surface area contributed by atoms with Crippen LogP contribution >= 0.6 is 35.6 Å². The number of benzene rings is 1. The fourth-order valence-electron chi connectivity index (χ4n) is 1.98. The van der Waals surface area contributed by atoms with Crippen molar-refractivity contribution in [2.24, 2.45) is 0 Å². The topological polar surface area (TPSA) is 0 Å². The summed E-state index contributed by atoms with van der Waals surface area (Å²) in [6.45, 7) is 11.7. The molecule has 0 atom stereocenters. The van der Waals surface area contributed by atoms with Crippen molar-refractivity contribution in [1.29, 1.82) is 0 Å². The molecule has 1 rings (SSSR count). The fourth-order valence-corrected chi connectivity index (χ4v) is 1.98. The molecule has 1 aromatic rings. The van der Waals surface area contributed by atoms with E-state index in [0.29, 0.717) is 0 Å². The molecular weight excluding hydrogens is 439 g/mol. The molecular formula is C13H22Cl4IN. The quantitative estimate of drug-likeness (QED) is 0.468. The molecule has 1 aromatic carbocycles. The monoisotopic (exact) mass is 459 g/mol. The molecule has 0 heterocycles. The molecule has 0 spiro atoms. The van der Waals surface area contributed by atoms with Crippen molar-refractivity contribution in [3.05, 3.63) is 35.9 Å². The molecule has 0 unspecified atom stereocenters. The van der Waals surface area contributed by atoms with Crippen LogP contribution in [0.2, 0.25) is 0 Å². The van der Waals surface area contributed by atoms with Gasteiger partial charge in [-0.3, -0.25) is 0 Å². The summed E-state index contributed by atoms with van der Waals surface area (Å²) in [5.74, 6) is 0. The maximum absolute atomic E-state index is 5.01. The molecule has 0 amide bonds. The van der Waals surface area contributed by atoms with Crippen molar-refractivity contribution in [2.45, 2.75) is 27.3 Å². The molecule has 0 saturated heterocycles. The fraction of sp³-hybridized carbons (Fsp3) is 0.538. The Kier molecular flexibility index (Phi) is 10.5. The number of hydrogen-bond acceptors (Lipinski definition) is 0. The van der Waals surface area contributed by atoms with Gasteiger partial charge in [-0.2, -0.15) is 0 Å². The third kappa shape index (κ3) is 10.4. The second-order valence-electron chi connectivity index (χ2n) is 4.26. The van der Waals surface area contributed by atoms with Gasteiger partial charge in [0.15, 0.2) is 0 Å². The minimum absolute atomic E-state index is 1.17. The number of hydrogen-bond donors (Lipinski definition) is 0. The van der Waals surface area contributed by atoms with E-state index in [1.54, 1.807) is 0 Å². The zero-order valence-electron chi connectivity index (χ0n) is 11.6. The number of rotatable bonds is 5. The van der Waals surface area contributed by atoms with E-state index in [4.69, 9.17) is 35.6 Å². The van der Waals surface area contributed by atoms with Gasteiger partial charge in [-0.05, 0) is 20.8 Å². The van der Waals surface area contributed by atoms with Crippen LogP contribution in [0, 0.1) is 0 Å². The Morgan fingerprint density at radius 1 is 0.842 bits per heavy atom. The van der Waals surface area contributed by atoms with Crippen LogP contribution in [0.25, 0.3) is 0 Å². The third-order valence-corrected chi connectivity index (χ3v) is 3.37. The van der Waals surface area contributed by atoms with Crippen LogP contribution in [0.1, 0.15) is 26.3 Å². The molecule has 0 radical (unpaired) electrons. The van der Waals surface area contributed by atoms with Gasteiger partial charge in [-0.25, -0.2) is 0 Å². The van der Waals surface area contributed by atoms with Gasteiger partial charge in [0, 0.05) is 5.56 Å². The van der Waals surface area contributed by atoms with Crippen molar-refractivity contribution in [3.8, 4) is 0 Å². The standard InChI is InChI=1S/C13H22N.Cl4I/c1-4-14(5-2,6-3)12-13-10-8-7-9-11-13;1-5(2,3)4/h7-11H,4-6,12H2,1-3H3;/q+1;-1. The molecule has 0 bridgehead atoms. The van der Waals surface area contributed by atoms with Crippen LogP contribution in [0.15, 0.2) is 30.3 Å². The molecule has 0 N–H and O–H groups in total. The van der Waals surface area contributed by atoms with Crippen LogP contribution in [0.5, 0.6) is 0 Å². The van der Waals surface area contributed by atoms with Crippen molar-refractivity contribution in [2.75, 3.05) is 19.6 Å². The molecule has 0 fully saturated rings. The Balaban J connectivity index is 0.000000555. The predicted octanol–water partition coefficient (Wildman–Crippen LogP) is 2.83. The molecule has 1 nitrogen and oxygen atoms in total. The van der Waals surface area contributed by atoms with E-state index in [9.17, 15) is 0 Å². The van der Waals surface area contributed by atoms with Crippen LogP contribution in [-0.2, 0) is 6.54 Å². The molecule has 114 valence electrons. The number of halogens is 5. The summed E-state index contributed by atoms with van der Waals surface area (Å²) < 4.78 is 1.20. The van der Waals surface area contributed by atoms with Crippen LogP contribution in [0.3, 0.4) is 0 Å². The van der Waals surface area contributed by atoms with Crippen LogP contribution in [-0.4, -0.2) is 24.1 Å². The Morgan fingerprint density at radius 3 is 1.53 bits per heavy atom. The summed E-state index contributed by atoms with van der Waals surface area (Å²) in [4.78, 5) is 0. The zero-order chi connectivity index (χ0) is 14.9. The molecule has 6 heteroatoms. The van der Waals surface area contributed by atoms with Gasteiger partial charge >= 0.3 is 49.6 Å². The summed E-state index contributed by atoms with van der Waals surface area (Å²) in [5.41, 5.74) is 1.46. The normalized spacial score (nSPS) is 12.6. The van der Waals surface area contributed by atoms with E-state index in [2.05, 4.69) is 51.1 Å². The van der Waals surface area contributed by atoms with Crippen LogP contribution in [0.4, 0.5) is 0 Å². The summed E-state index contributed by atoms with van der Waals surface area (Å²) in [6, 6.07) is 10.8. The SMILES string of the molecule is CC[N+](CC)(CC)Cc1ccccc1.Cl[I-](Cl)(Cl)Cl. The summed E-state index contributed by atoms with van der Waals surface area (Å²) >= 11 is -3.05. The van der Waals surface area contributed by atoms with Gasteiger partial charge in [-0.1, -0.05) is 30.3 Å². The number of quaternary nitrogens is 1. The Labute approximate surface area is 136 Å². The molecule has 0 aliphatic rings. The van der Waals surface area contributed by atoms with Gasteiger partial charge in [-0.15, -0.1) is 0 Å². The molecule has 0 aliphatic heterocycles. The predicted molar refractivity (Wildman–Crippen MR) is 85.4 cm³/mol. The Morgan fingerprint density at radius 2 is 1.21 bits per heavy atom. The van der Waals surface area contributed by atoms with Gasteiger partial charge in [0.1, 0.15) is 6.54 Å². The molecule has 0 aromatic heterocycles. The average Bonchev–Trinajstić information content (AvgIpc) is 2.35. The first-order chi connectivity index (χ1) is 8.76. The number of nitrogens with zero attached hydrogens (tertiary/aromatic N) is 1. The summed E-state index contributed by atoms with van der Waals surface area (Å²) in [6.07, 6.45) is 0. The average molecular weight is 461 g/mol. The van der Waals surface area contributed by atoms with Gasteiger partial charge in [0.05, 0.1) is 19.6 Å². The second kappa shape index (κ2) is 9.91. The van der Waals surface area contributed by atoms with Crippen LogP contribution < -0.4 is 13.9 Å². The van der Waals surface area contributed by atoms with Gasteiger partial charge < -0.3 is 4.48 Å². The molecule has 0 saturated carbocycles. The second-order valence-corrected chi connectivity index (χ2v) is 23.5. The first-order valence-corrected chi connectivity index (χ1v) is 17.2. The minimum atomic E-state index is -3.05. The summed E-state index contributed by atoms with van der Waals surface area (Å²) in [5, 5.41) is 0. The van der Waals surface area contributed by atoms with E-state index >= 15 is 0 Å². The first kappa shape index (κ1) is 20.1. The van der Waals surface area contributed by atoms with E-state index < -0.39 is 13.9 Å². The first-order valence-electron chi connectivity index (χ1n) is 6.22. The van der Waals surface area contributed by atoms with Crippen molar-refractivity contribution in [1.82, 2.24) is 0 Å². The van der Waals surface area contributed by atoms with Gasteiger partial charge in [0.2, 0.25) is 0 Å². The van der Waals surface area contributed by atoms with Gasteiger partial charge in [0.25, 0.3) is 0 Å². The van der Waals surface area contributed by atoms with E-state index in [0.717, 1.165) is 0 Å². The third-order valence-electron chi connectivity index (χ3n) is 3.37. The van der Waals surface area contributed by atoms with Crippen molar-refractivity contribution < 1.29 is 18.4 Å².